The van der Waals surface area contributed by atoms with Gasteiger partial charge in [-0.3, -0.25) is 19.2 Å². The Morgan fingerprint density at radius 1 is 0.968 bits per heavy atom. The molecule has 0 aromatic heterocycles. The summed E-state index contributed by atoms with van der Waals surface area (Å²) >= 11 is 0. The van der Waals surface area contributed by atoms with Gasteiger partial charge in [-0.1, -0.05) is 27.7 Å². The summed E-state index contributed by atoms with van der Waals surface area (Å²) < 4.78 is 16.2. The van der Waals surface area contributed by atoms with Gasteiger partial charge in [0.05, 0.1) is 24.0 Å². The number of amides is 2. The van der Waals surface area contributed by atoms with Crippen LogP contribution in [0.15, 0.2) is 0 Å². The first-order chi connectivity index (χ1) is 14.2. The standard InChI is InChI=1S/C20H32N2O9/c1-8(15(21)25)11-6-19(4,13(23)17(27)30-11)10(3)20(29-5)7-12(9(2)16(22)26)31-18(28)14(20)24/h8-12,17-18,27-28H,6-7H2,1-5H3,(H2,21,25)(H2,22,26)/t8?,9-,10+,11?,12?,17-,18+,19+,20?/m1/s1. The number of methoxy groups -OCH3 is 1. The Kier molecular flexibility index (Phi) is 7.28. The van der Waals surface area contributed by atoms with E-state index in [1.807, 2.05) is 0 Å². The van der Waals surface area contributed by atoms with Crippen LogP contribution in [0.4, 0.5) is 0 Å². The van der Waals surface area contributed by atoms with Gasteiger partial charge in [0.15, 0.2) is 5.78 Å². The van der Waals surface area contributed by atoms with Crippen LogP contribution in [0, 0.1) is 23.2 Å². The minimum atomic E-state index is -1.90. The predicted molar refractivity (Wildman–Crippen MR) is 105 cm³/mol. The van der Waals surface area contributed by atoms with E-state index in [1.54, 1.807) is 6.92 Å². The summed E-state index contributed by atoms with van der Waals surface area (Å²) in [6.07, 6.45) is -5.74. The van der Waals surface area contributed by atoms with Crippen LogP contribution in [0.1, 0.15) is 40.5 Å². The molecule has 2 heterocycles. The fourth-order valence-electron chi connectivity index (χ4n) is 4.57. The normalized spacial score (nSPS) is 39.6. The van der Waals surface area contributed by atoms with Gasteiger partial charge in [0.25, 0.3) is 0 Å². The molecular weight excluding hydrogens is 412 g/mol. The Balaban J connectivity index is 2.50. The molecule has 2 rings (SSSR count). The van der Waals surface area contributed by atoms with Crippen molar-refractivity contribution >= 4 is 23.4 Å². The summed E-state index contributed by atoms with van der Waals surface area (Å²) in [5, 5.41) is 20.5. The van der Waals surface area contributed by atoms with Crippen LogP contribution in [-0.4, -0.2) is 71.1 Å². The molecule has 176 valence electrons. The topological polar surface area (TPSA) is 188 Å². The second kappa shape index (κ2) is 8.91. The van der Waals surface area contributed by atoms with Gasteiger partial charge in [0.1, 0.15) is 5.60 Å². The van der Waals surface area contributed by atoms with E-state index in [4.69, 9.17) is 25.7 Å². The van der Waals surface area contributed by atoms with Gasteiger partial charge in [-0.25, -0.2) is 0 Å². The zero-order valence-corrected chi connectivity index (χ0v) is 18.4. The van der Waals surface area contributed by atoms with E-state index < -0.39 is 76.9 Å². The third kappa shape index (κ3) is 4.24. The molecule has 2 fully saturated rings. The quantitative estimate of drug-likeness (QED) is 0.366. The smallest absolute Gasteiger partial charge is 0.222 e. The monoisotopic (exact) mass is 444 g/mol. The van der Waals surface area contributed by atoms with E-state index >= 15 is 0 Å². The molecule has 11 nitrogen and oxygen atoms in total. The van der Waals surface area contributed by atoms with Gasteiger partial charge in [0.2, 0.25) is 30.2 Å². The van der Waals surface area contributed by atoms with Crippen molar-refractivity contribution in [3.63, 3.8) is 0 Å². The predicted octanol–water partition coefficient (Wildman–Crippen LogP) is -1.39. The molecule has 6 N–H and O–H groups in total. The number of carbonyl (C=O) groups excluding carboxylic acids is 4. The van der Waals surface area contributed by atoms with Gasteiger partial charge >= 0.3 is 0 Å². The van der Waals surface area contributed by atoms with E-state index in [0.29, 0.717) is 0 Å². The molecule has 31 heavy (non-hydrogen) atoms. The maximum Gasteiger partial charge on any atom is 0.222 e. The van der Waals surface area contributed by atoms with Crippen molar-refractivity contribution in [2.24, 2.45) is 34.6 Å². The summed E-state index contributed by atoms with van der Waals surface area (Å²) in [4.78, 5) is 49.4. The Morgan fingerprint density at radius 3 is 1.81 bits per heavy atom. The highest BCUT2D eigenvalue weighted by Gasteiger charge is 2.62. The summed E-state index contributed by atoms with van der Waals surface area (Å²) in [5.41, 5.74) is 7.62. The van der Waals surface area contributed by atoms with Crippen LogP contribution in [0.25, 0.3) is 0 Å². The van der Waals surface area contributed by atoms with E-state index in [1.165, 1.54) is 27.9 Å². The van der Waals surface area contributed by atoms with Crippen molar-refractivity contribution in [3.8, 4) is 0 Å². The number of ether oxygens (including phenoxy) is 3. The molecule has 11 heteroatoms. The fourth-order valence-corrected chi connectivity index (χ4v) is 4.57. The Labute approximate surface area is 180 Å². The number of aliphatic hydroxyl groups is 2. The zero-order valence-electron chi connectivity index (χ0n) is 18.4. The first-order valence-corrected chi connectivity index (χ1v) is 10.1. The van der Waals surface area contributed by atoms with Crippen LogP contribution in [0.5, 0.6) is 0 Å². The van der Waals surface area contributed by atoms with Gasteiger partial charge in [0, 0.05) is 24.9 Å². The van der Waals surface area contributed by atoms with Gasteiger partial charge in [-0.15, -0.1) is 0 Å². The Morgan fingerprint density at radius 2 is 1.39 bits per heavy atom. The SMILES string of the molecule is COC1([C@@H](C)[C@]2(C)CC(C(C)C(N)=O)O[C@@H](O)C2=O)CC([C@@H](C)C(N)=O)O[C@H](O)C1=O. The highest BCUT2D eigenvalue weighted by molar-refractivity contribution is 5.94. The zero-order chi connectivity index (χ0) is 23.9. The van der Waals surface area contributed by atoms with E-state index in [2.05, 4.69) is 0 Å². The fraction of sp³-hybridized carbons (Fsp3) is 0.800. The van der Waals surface area contributed by atoms with Gasteiger partial charge < -0.3 is 35.9 Å². The third-order valence-corrected chi connectivity index (χ3v) is 7.20. The van der Waals surface area contributed by atoms with Crippen molar-refractivity contribution in [1.29, 1.82) is 0 Å². The molecule has 2 saturated heterocycles. The van der Waals surface area contributed by atoms with Crippen molar-refractivity contribution < 1.29 is 43.6 Å². The van der Waals surface area contributed by atoms with Gasteiger partial charge in [-0.2, -0.15) is 0 Å². The first kappa shape index (κ1) is 25.3. The molecule has 0 aromatic rings. The van der Waals surface area contributed by atoms with E-state index in [0.717, 1.165) is 0 Å². The van der Waals surface area contributed by atoms with Crippen LogP contribution in [0.3, 0.4) is 0 Å². The highest BCUT2D eigenvalue weighted by atomic mass is 16.6. The van der Waals surface area contributed by atoms with E-state index in [-0.39, 0.29) is 12.8 Å². The lowest BCUT2D eigenvalue weighted by molar-refractivity contribution is -0.244. The van der Waals surface area contributed by atoms with E-state index in [9.17, 15) is 29.4 Å². The summed E-state index contributed by atoms with van der Waals surface area (Å²) in [6, 6.07) is 0. The van der Waals surface area contributed by atoms with Crippen LogP contribution < -0.4 is 11.5 Å². The molecule has 2 amide bonds. The third-order valence-electron chi connectivity index (χ3n) is 7.20. The number of carbonyl (C=O) groups is 4. The highest BCUT2D eigenvalue weighted by Crippen LogP contribution is 2.50. The maximum absolute atomic E-state index is 13.1. The number of rotatable bonds is 7. The summed E-state index contributed by atoms with van der Waals surface area (Å²) in [5.74, 6) is -5.45. The number of Topliss-reactive ketones (excluding diaryl/α,β-unsaturated/α-hetero) is 2. The lowest BCUT2D eigenvalue weighted by Crippen LogP contribution is -2.66. The van der Waals surface area contributed by atoms with Crippen molar-refractivity contribution in [3.05, 3.63) is 0 Å². The van der Waals surface area contributed by atoms with Crippen LogP contribution in [0.2, 0.25) is 0 Å². The molecule has 4 unspecified atom stereocenters. The van der Waals surface area contributed by atoms with Crippen molar-refractivity contribution in [2.45, 2.75) is 70.9 Å². The molecule has 9 atom stereocenters. The minimum Gasteiger partial charge on any atom is -0.370 e. The van der Waals surface area contributed by atoms with Crippen molar-refractivity contribution in [2.75, 3.05) is 7.11 Å². The number of aliphatic hydroxyl groups excluding tert-OH is 2. The van der Waals surface area contributed by atoms with Crippen LogP contribution in [-0.2, 0) is 33.4 Å². The number of primary amides is 2. The number of hydrogen-bond donors (Lipinski definition) is 4. The molecule has 0 bridgehead atoms. The average Bonchev–Trinajstić information content (AvgIpc) is 2.71. The largest absolute Gasteiger partial charge is 0.370 e. The Bertz CT molecular complexity index is 759. The molecule has 2 aliphatic rings. The Hall–Kier alpha value is -1.92. The minimum absolute atomic E-state index is 0.0282. The number of ketones is 2. The average molecular weight is 444 g/mol. The molecule has 0 spiro atoms. The number of nitrogens with two attached hydrogens (primary N) is 2. The van der Waals surface area contributed by atoms with Crippen molar-refractivity contribution in [1.82, 2.24) is 0 Å². The summed E-state index contributed by atoms with van der Waals surface area (Å²) in [7, 11) is 1.26. The second-order valence-electron chi connectivity index (χ2n) is 8.81. The van der Waals surface area contributed by atoms with Gasteiger partial charge in [-0.05, 0) is 6.42 Å². The lowest BCUT2D eigenvalue weighted by Gasteiger charge is -2.52. The maximum atomic E-state index is 13.1. The molecular formula is C20H32N2O9. The summed E-state index contributed by atoms with van der Waals surface area (Å²) in [6.45, 7) is 6.12. The second-order valence-corrected chi connectivity index (χ2v) is 8.81. The molecule has 0 radical (unpaired) electrons. The van der Waals surface area contributed by atoms with Crippen LogP contribution >= 0.6 is 0 Å². The molecule has 2 aliphatic heterocycles. The molecule has 0 aromatic carbocycles. The number of hydrogen-bond acceptors (Lipinski definition) is 9. The molecule has 0 aliphatic carbocycles. The first-order valence-electron chi connectivity index (χ1n) is 10.1. The molecule has 0 saturated carbocycles. The lowest BCUT2D eigenvalue weighted by atomic mass is 9.59.